The SMILES string of the molecule is CCCc1ccc(OC)c(B2OC(C)(C)C(C)(C)O2)c1. The highest BCUT2D eigenvalue weighted by atomic mass is 16.7. The molecule has 0 aliphatic carbocycles. The van der Waals surface area contributed by atoms with E-state index >= 15 is 0 Å². The van der Waals surface area contributed by atoms with Crippen LogP contribution in [0.4, 0.5) is 0 Å². The monoisotopic (exact) mass is 276 g/mol. The number of methoxy groups -OCH3 is 1. The fraction of sp³-hybridized carbons (Fsp3) is 0.625. The van der Waals surface area contributed by atoms with E-state index in [1.165, 1.54) is 5.56 Å². The zero-order chi connectivity index (χ0) is 15.0. The average Bonchev–Trinajstić information content (AvgIpc) is 2.59. The minimum atomic E-state index is -0.369. The summed E-state index contributed by atoms with van der Waals surface area (Å²) in [5.74, 6) is 0.823. The second-order valence-corrected chi connectivity index (χ2v) is 6.41. The molecule has 0 bridgehead atoms. The standard InChI is InChI=1S/C16H25BO3/c1-7-8-12-9-10-14(18-6)13(11-12)17-19-15(2,3)16(4,5)20-17/h9-11H,7-8H2,1-6H3. The molecule has 1 heterocycles. The van der Waals surface area contributed by atoms with E-state index in [9.17, 15) is 0 Å². The summed E-state index contributed by atoms with van der Waals surface area (Å²) in [6, 6.07) is 6.26. The summed E-state index contributed by atoms with van der Waals surface area (Å²) in [5, 5.41) is 0. The zero-order valence-electron chi connectivity index (χ0n) is 13.4. The Kier molecular flexibility index (Phi) is 4.17. The summed E-state index contributed by atoms with van der Waals surface area (Å²) in [5.41, 5.74) is 1.61. The van der Waals surface area contributed by atoms with Gasteiger partial charge in [-0.15, -0.1) is 0 Å². The highest BCUT2D eigenvalue weighted by Gasteiger charge is 2.52. The molecule has 0 amide bonds. The summed E-state index contributed by atoms with van der Waals surface area (Å²) in [6.45, 7) is 10.4. The zero-order valence-corrected chi connectivity index (χ0v) is 13.4. The van der Waals surface area contributed by atoms with Crippen molar-refractivity contribution in [3.8, 4) is 5.75 Å². The number of rotatable bonds is 4. The topological polar surface area (TPSA) is 27.7 Å². The molecular weight excluding hydrogens is 251 g/mol. The summed E-state index contributed by atoms with van der Waals surface area (Å²) < 4.78 is 17.7. The third kappa shape index (κ3) is 2.72. The molecule has 0 N–H and O–H groups in total. The largest absolute Gasteiger partial charge is 0.498 e. The van der Waals surface area contributed by atoms with Crippen LogP contribution in [0.3, 0.4) is 0 Å². The van der Waals surface area contributed by atoms with Crippen LogP contribution in [0.1, 0.15) is 46.6 Å². The van der Waals surface area contributed by atoms with Gasteiger partial charge in [0.2, 0.25) is 0 Å². The summed E-state index contributed by atoms with van der Waals surface area (Å²) in [7, 11) is 1.32. The highest BCUT2D eigenvalue weighted by Crippen LogP contribution is 2.37. The lowest BCUT2D eigenvalue weighted by molar-refractivity contribution is 0.00578. The van der Waals surface area contributed by atoms with Crippen LogP contribution >= 0.6 is 0 Å². The van der Waals surface area contributed by atoms with Crippen LogP contribution in [0, 0.1) is 0 Å². The van der Waals surface area contributed by atoms with Gasteiger partial charge in [0.15, 0.2) is 0 Å². The first-order valence-electron chi connectivity index (χ1n) is 7.33. The maximum absolute atomic E-state index is 6.12. The smallest absolute Gasteiger partial charge is 0.497 e. The molecule has 0 atom stereocenters. The molecule has 0 radical (unpaired) electrons. The molecule has 0 aromatic heterocycles. The van der Waals surface area contributed by atoms with Crippen molar-refractivity contribution >= 4 is 12.6 Å². The van der Waals surface area contributed by atoms with Crippen molar-refractivity contribution in [1.82, 2.24) is 0 Å². The van der Waals surface area contributed by atoms with Gasteiger partial charge in [-0.05, 0) is 45.7 Å². The molecule has 3 nitrogen and oxygen atoms in total. The average molecular weight is 276 g/mol. The number of benzene rings is 1. The Morgan fingerprint density at radius 3 is 2.20 bits per heavy atom. The van der Waals surface area contributed by atoms with Crippen LogP contribution in [-0.4, -0.2) is 25.4 Å². The lowest BCUT2D eigenvalue weighted by atomic mass is 9.77. The van der Waals surface area contributed by atoms with Crippen molar-refractivity contribution in [2.24, 2.45) is 0 Å². The van der Waals surface area contributed by atoms with Crippen molar-refractivity contribution < 1.29 is 14.0 Å². The summed E-state index contributed by atoms with van der Waals surface area (Å²) in [4.78, 5) is 0. The number of ether oxygens (including phenoxy) is 1. The van der Waals surface area contributed by atoms with E-state index in [2.05, 4.69) is 46.8 Å². The van der Waals surface area contributed by atoms with Gasteiger partial charge < -0.3 is 14.0 Å². The molecule has 1 aliphatic heterocycles. The van der Waals surface area contributed by atoms with Gasteiger partial charge in [0.1, 0.15) is 5.75 Å². The molecule has 0 saturated carbocycles. The van der Waals surface area contributed by atoms with Crippen LogP contribution in [0.15, 0.2) is 18.2 Å². The van der Waals surface area contributed by atoms with Crippen molar-refractivity contribution in [1.29, 1.82) is 0 Å². The Morgan fingerprint density at radius 1 is 1.10 bits per heavy atom. The molecule has 0 spiro atoms. The van der Waals surface area contributed by atoms with Crippen LogP contribution < -0.4 is 10.2 Å². The summed E-state index contributed by atoms with van der Waals surface area (Å²) >= 11 is 0. The van der Waals surface area contributed by atoms with E-state index < -0.39 is 0 Å². The van der Waals surface area contributed by atoms with E-state index in [-0.39, 0.29) is 18.3 Å². The lowest BCUT2D eigenvalue weighted by Gasteiger charge is -2.32. The van der Waals surface area contributed by atoms with Crippen molar-refractivity contribution in [3.63, 3.8) is 0 Å². The van der Waals surface area contributed by atoms with Crippen LogP contribution in [0.5, 0.6) is 5.75 Å². The van der Waals surface area contributed by atoms with Gasteiger partial charge in [0.25, 0.3) is 0 Å². The van der Waals surface area contributed by atoms with Crippen LogP contribution in [0.25, 0.3) is 0 Å². The molecular formula is C16H25BO3. The second-order valence-electron chi connectivity index (χ2n) is 6.41. The van der Waals surface area contributed by atoms with Gasteiger partial charge >= 0.3 is 7.12 Å². The Labute approximate surface area is 122 Å². The number of aryl methyl sites for hydroxylation is 1. The van der Waals surface area contributed by atoms with E-state index in [1.54, 1.807) is 7.11 Å². The molecule has 4 heteroatoms. The van der Waals surface area contributed by atoms with Gasteiger partial charge in [-0.2, -0.15) is 0 Å². The fourth-order valence-corrected chi connectivity index (χ4v) is 2.38. The number of hydrogen-bond donors (Lipinski definition) is 0. The predicted molar refractivity (Wildman–Crippen MR) is 82.7 cm³/mol. The third-order valence-corrected chi connectivity index (χ3v) is 4.34. The maximum Gasteiger partial charge on any atom is 0.498 e. The van der Waals surface area contributed by atoms with Gasteiger partial charge in [-0.25, -0.2) is 0 Å². The molecule has 1 aromatic carbocycles. The molecule has 1 fully saturated rings. The quantitative estimate of drug-likeness (QED) is 0.791. The van der Waals surface area contributed by atoms with Gasteiger partial charge in [0.05, 0.1) is 18.3 Å². The van der Waals surface area contributed by atoms with Crippen LogP contribution in [-0.2, 0) is 15.7 Å². The Morgan fingerprint density at radius 2 is 1.70 bits per heavy atom. The van der Waals surface area contributed by atoms with E-state index in [0.29, 0.717) is 0 Å². The second kappa shape index (κ2) is 5.42. The minimum absolute atomic E-state index is 0.330. The van der Waals surface area contributed by atoms with Crippen molar-refractivity contribution in [3.05, 3.63) is 23.8 Å². The van der Waals surface area contributed by atoms with Crippen molar-refractivity contribution in [2.75, 3.05) is 7.11 Å². The molecule has 110 valence electrons. The number of hydrogen-bond acceptors (Lipinski definition) is 3. The van der Waals surface area contributed by atoms with Gasteiger partial charge in [-0.1, -0.05) is 25.5 Å². The normalized spacial score (nSPS) is 20.2. The molecule has 1 aliphatic rings. The lowest BCUT2D eigenvalue weighted by Crippen LogP contribution is -2.41. The highest BCUT2D eigenvalue weighted by molar-refractivity contribution is 6.63. The first-order chi connectivity index (χ1) is 9.30. The first-order valence-corrected chi connectivity index (χ1v) is 7.33. The minimum Gasteiger partial charge on any atom is -0.497 e. The van der Waals surface area contributed by atoms with E-state index in [4.69, 9.17) is 14.0 Å². The van der Waals surface area contributed by atoms with E-state index in [1.807, 2.05) is 6.07 Å². The first kappa shape index (κ1) is 15.4. The summed E-state index contributed by atoms with van der Waals surface area (Å²) in [6.07, 6.45) is 2.17. The Bertz CT molecular complexity index is 467. The van der Waals surface area contributed by atoms with E-state index in [0.717, 1.165) is 24.1 Å². The van der Waals surface area contributed by atoms with Crippen molar-refractivity contribution in [2.45, 2.75) is 58.7 Å². The Balaban J connectivity index is 2.35. The fourth-order valence-electron chi connectivity index (χ4n) is 2.38. The molecule has 2 rings (SSSR count). The molecule has 0 unspecified atom stereocenters. The maximum atomic E-state index is 6.12. The third-order valence-electron chi connectivity index (χ3n) is 4.34. The van der Waals surface area contributed by atoms with Gasteiger partial charge in [-0.3, -0.25) is 0 Å². The Hall–Kier alpha value is -0.995. The molecule has 1 saturated heterocycles. The molecule has 20 heavy (non-hydrogen) atoms. The van der Waals surface area contributed by atoms with Gasteiger partial charge in [0, 0.05) is 5.46 Å². The van der Waals surface area contributed by atoms with Crippen LogP contribution in [0.2, 0.25) is 0 Å². The predicted octanol–water partition coefficient (Wildman–Crippen LogP) is 2.95. The molecule has 1 aromatic rings.